The number of rotatable bonds is 3. The van der Waals surface area contributed by atoms with Crippen LogP contribution in [0.1, 0.15) is 18.7 Å². The number of ether oxygens (including phenoxy) is 2. The molecular weight excluding hydrogens is 265 g/mol. The molecule has 3 heterocycles. The zero-order valence-corrected chi connectivity index (χ0v) is 12.8. The zero-order chi connectivity index (χ0) is 14.8. The summed E-state index contributed by atoms with van der Waals surface area (Å²) in [6, 6.07) is 2.49. The zero-order valence-electron chi connectivity index (χ0n) is 12.8. The fraction of sp³-hybridized carbons (Fsp3) is 0.667. The number of anilines is 1. The minimum absolute atomic E-state index is 0.0809. The summed E-state index contributed by atoms with van der Waals surface area (Å²) < 4.78 is 10.9. The Hall–Kier alpha value is -1.11. The van der Waals surface area contributed by atoms with Gasteiger partial charge in [0.05, 0.1) is 42.9 Å². The average molecular weight is 287 g/mol. The summed E-state index contributed by atoms with van der Waals surface area (Å²) in [6.45, 7) is 7.73. The second-order valence-corrected chi connectivity index (χ2v) is 5.76. The molecule has 2 aliphatic heterocycles. The smallest absolute Gasteiger partial charge is 0.116 e. The second kappa shape index (κ2) is 6.34. The van der Waals surface area contributed by atoms with Crippen molar-refractivity contribution in [3.8, 4) is 0 Å². The maximum atomic E-state index is 6.13. The van der Waals surface area contributed by atoms with Crippen LogP contribution < -0.4 is 10.4 Å². The van der Waals surface area contributed by atoms with Gasteiger partial charge in [-0.25, -0.2) is 0 Å². The van der Waals surface area contributed by atoms with Crippen molar-refractivity contribution in [2.75, 3.05) is 51.4 Å². The van der Waals surface area contributed by atoms with Gasteiger partial charge >= 0.3 is 0 Å². The molecule has 2 atom stereocenters. The molecule has 1 aromatic rings. The molecule has 1 aromatic heterocycles. The Morgan fingerprint density at radius 3 is 3.05 bits per heavy atom. The third-order valence-corrected chi connectivity index (χ3v) is 4.48. The van der Waals surface area contributed by atoms with E-state index in [0.717, 1.165) is 50.8 Å². The Kier molecular flexibility index (Phi) is 4.47. The summed E-state index contributed by atoms with van der Waals surface area (Å²) in [7, 11) is 7.80. The van der Waals surface area contributed by atoms with Gasteiger partial charge in [0.2, 0.25) is 0 Å². The summed E-state index contributed by atoms with van der Waals surface area (Å²) in [5.41, 5.74) is 2.59. The molecule has 112 valence electrons. The number of piperazine rings is 1. The van der Waals surface area contributed by atoms with E-state index in [1.54, 1.807) is 7.11 Å². The molecule has 2 aliphatic rings. The van der Waals surface area contributed by atoms with Gasteiger partial charge in [0.25, 0.3) is 0 Å². The molecule has 3 rings (SSSR count). The summed E-state index contributed by atoms with van der Waals surface area (Å²) in [6.07, 6.45) is 1.82. The Labute approximate surface area is 127 Å². The maximum absolute atomic E-state index is 6.13. The van der Waals surface area contributed by atoms with Crippen LogP contribution >= 0.6 is 0 Å². The number of hydrogen-bond donors (Lipinski definition) is 0. The lowest BCUT2D eigenvalue weighted by atomic mass is 9.91. The van der Waals surface area contributed by atoms with Gasteiger partial charge in [0.1, 0.15) is 7.85 Å². The molecule has 0 saturated carbocycles. The lowest BCUT2D eigenvalue weighted by Crippen LogP contribution is -2.58. The number of nitrogens with zero attached hydrogens (tertiary/aromatic N) is 3. The highest BCUT2D eigenvalue weighted by atomic mass is 16.5. The van der Waals surface area contributed by atoms with E-state index in [9.17, 15) is 0 Å². The summed E-state index contributed by atoms with van der Waals surface area (Å²) in [4.78, 5) is 9.35. The third-order valence-electron chi connectivity index (χ3n) is 4.48. The Bertz CT molecular complexity index is 500. The van der Waals surface area contributed by atoms with E-state index >= 15 is 0 Å². The van der Waals surface area contributed by atoms with Crippen molar-refractivity contribution in [2.45, 2.75) is 19.1 Å². The minimum Gasteiger partial charge on any atom is -0.378 e. The fourth-order valence-electron chi connectivity index (χ4n) is 3.09. The van der Waals surface area contributed by atoms with Gasteiger partial charge in [-0.05, 0) is 13.0 Å². The molecule has 0 spiro atoms. The van der Waals surface area contributed by atoms with Crippen LogP contribution in [0.5, 0.6) is 0 Å². The van der Waals surface area contributed by atoms with Crippen LogP contribution in [0.15, 0.2) is 12.3 Å². The van der Waals surface area contributed by atoms with Gasteiger partial charge in [-0.15, -0.1) is 0 Å². The van der Waals surface area contributed by atoms with Crippen LogP contribution in [0.2, 0.25) is 0 Å². The van der Waals surface area contributed by atoms with Gasteiger partial charge < -0.3 is 14.4 Å². The van der Waals surface area contributed by atoms with Gasteiger partial charge in [0, 0.05) is 33.3 Å². The highest BCUT2D eigenvalue weighted by molar-refractivity contribution is 6.33. The summed E-state index contributed by atoms with van der Waals surface area (Å²) >= 11 is 0. The van der Waals surface area contributed by atoms with Crippen molar-refractivity contribution < 1.29 is 9.47 Å². The standard InChI is InChI=1S/C15H22BN3O2/c1-11(20-2)15-14(16)7-12(8-17-15)19-4-3-18-5-6-21-10-13(18)9-19/h7-8,11,13H,3-6,9-10H2,1-2H3. The average Bonchev–Trinajstić information content (AvgIpc) is 2.53. The van der Waals surface area contributed by atoms with E-state index in [-0.39, 0.29) is 6.10 Å². The van der Waals surface area contributed by atoms with E-state index in [4.69, 9.17) is 17.3 Å². The number of aromatic nitrogens is 1. The van der Waals surface area contributed by atoms with E-state index in [1.807, 2.05) is 19.2 Å². The Balaban J connectivity index is 1.73. The van der Waals surface area contributed by atoms with Crippen molar-refractivity contribution in [3.05, 3.63) is 18.0 Å². The largest absolute Gasteiger partial charge is 0.378 e. The molecule has 0 bridgehead atoms. The quantitative estimate of drug-likeness (QED) is 0.737. The van der Waals surface area contributed by atoms with Crippen molar-refractivity contribution in [2.24, 2.45) is 0 Å². The number of methoxy groups -OCH3 is 1. The molecular formula is C15H22BN3O2. The maximum Gasteiger partial charge on any atom is 0.116 e. The SMILES string of the molecule is [B]c1cc(N2CCN3CCOCC3C2)cnc1C(C)OC. The van der Waals surface area contributed by atoms with Crippen molar-refractivity contribution in [1.29, 1.82) is 0 Å². The van der Waals surface area contributed by atoms with Crippen LogP contribution in [0.3, 0.4) is 0 Å². The fourth-order valence-corrected chi connectivity index (χ4v) is 3.09. The van der Waals surface area contributed by atoms with Gasteiger partial charge in [0.15, 0.2) is 0 Å². The molecule has 2 fully saturated rings. The summed E-state index contributed by atoms with van der Waals surface area (Å²) in [5.74, 6) is 0. The molecule has 0 aromatic carbocycles. The van der Waals surface area contributed by atoms with E-state index in [2.05, 4.69) is 14.8 Å². The molecule has 0 N–H and O–H groups in total. The first-order valence-corrected chi connectivity index (χ1v) is 7.54. The molecule has 5 nitrogen and oxygen atoms in total. The van der Waals surface area contributed by atoms with E-state index in [0.29, 0.717) is 11.5 Å². The molecule has 2 radical (unpaired) electrons. The third kappa shape index (κ3) is 3.07. The van der Waals surface area contributed by atoms with E-state index < -0.39 is 0 Å². The first kappa shape index (κ1) is 14.8. The van der Waals surface area contributed by atoms with Crippen molar-refractivity contribution >= 4 is 19.0 Å². The molecule has 2 saturated heterocycles. The van der Waals surface area contributed by atoms with Crippen molar-refractivity contribution in [1.82, 2.24) is 9.88 Å². The molecule has 0 amide bonds. The van der Waals surface area contributed by atoms with Gasteiger partial charge in [-0.1, -0.05) is 5.46 Å². The van der Waals surface area contributed by atoms with Crippen LogP contribution in [-0.2, 0) is 9.47 Å². The van der Waals surface area contributed by atoms with Gasteiger partial charge in [-0.3, -0.25) is 9.88 Å². The van der Waals surface area contributed by atoms with Crippen LogP contribution in [-0.4, -0.2) is 70.3 Å². The lowest BCUT2D eigenvalue weighted by molar-refractivity contribution is -0.0116. The Morgan fingerprint density at radius 2 is 2.29 bits per heavy atom. The predicted molar refractivity (Wildman–Crippen MR) is 83.4 cm³/mol. The highest BCUT2D eigenvalue weighted by Crippen LogP contribution is 2.21. The number of morpholine rings is 1. The number of hydrogen-bond acceptors (Lipinski definition) is 5. The molecule has 6 heteroatoms. The first-order valence-electron chi connectivity index (χ1n) is 7.54. The van der Waals surface area contributed by atoms with Gasteiger partial charge in [-0.2, -0.15) is 0 Å². The monoisotopic (exact) mass is 287 g/mol. The molecule has 2 unspecified atom stereocenters. The molecule has 21 heavy (non-hydrogen) atoms. The first-order chi connectivity index (χ1) is 10.2. The summed E-state index contributed by atoms with van der Waals surface area (Å²) in [5, 5.41) is 0. The molecule has 0 aliphatic carbocycles. The van der Waals surface area contributed by atoms with E-state index in [1.165, 1.54) is 0 Å². The van der Waals surface area contributed by atoms with Crippen LogP contribution in [0.25, 0.3) is 0 Å². The minimum atomic E-state index is -0.0809. The number of fused-ring (bicyclic) bond motifs is 1. The Morgan fingerprint density at radius 1 is 1.43 bits per heavy atom. The van der Waals surface area contributed by atoms with Crippen molar-refractivity contribution in [3.63, 3.8) is 0 Å². The number of pyridine rings is 1. The second-order valence-electron chi connectivity index (χ2n) is 5.76. The highest BCUT2D eigenvalue weighted by Gasteiger charge is 2.29. The topological polar surface area (TPSA) is 37.8 Å². The lowest BCUT2D eigenvalue weighted by Gasteiger charge is -2.44. The van der Waals surface area contributed by atoms with Crippen LogP contribution in [0.4, 0.5) is 5.69 Å². The predicted octanol–water partition coefficient (Wildman–Crippen LogP) is 0.104. The van der Waals surface area contributed by atoms with Crippen LogP contribution in [0, 0.1) is 0 Å². The normalized spacial score (nSPS) is 24.7.